The van der Waals surface area contributed by atoms with Gasteiger partial charge in [0.25, 0.3) is 0 Å². The second-order valence-corrected chi connectivity index (χ2v) is 5.77. The van der Waals surface area contributed by atoms with Crippen LogP contribution in [0.3, 0.4) is 0 Å². The molecule has 1 saturated carbocycles. The van der Waals surface area contributed by atoms with E-state index in [9.17, 15) is 14.7 Å². The van der Waals surface area contributed by atoms with Crippen LogP contribution in [0.25, 0.3) is 0 Å². The highest BCUT2D eigenvalue weighted by atomic mass is 16.4. The quantitative estimate of drug-likeness (QED) is 0.845. The van der Waals surface area contributed by atoms with Gasteiger partial charge in [-0.1, -0.05) is 12.2 Å². The minimum Gasteiger partial charge on any atom is -0.481 e. The summed E-state index contributed by atoms with van der Waals surface area (Å²) in [6.07, 6.45) is 8.30. The molecule has 1 fully saturated rings. The number of rotatable bonds is 5. The van der Waals surface area contributed by atoms with Crippen LogP contribution in [-0.4, -0.2) is 27.9 Å². The van der Waals surface area contributed by atoms with Gasteiger partial charge in [0.2, 0.25) is 5.91 Å². The maximum absolute atomic E-state index is 12.8. The van der Waals surface area contributed by atoms with Gasteiger partial charge in [-0.15, -0.1) is 0 Å². The molecule has 2 atom stereocenters. The van der Waals surface area contributed by atoms with Gasteiger partial charge in [-0.2, -0.15) is 0 Å². The molecule has 0 saturated heterocycles. The zero-order valence-corrected chi connectivity index (χ0v) is 11.8. The molecule has 21 heavy (non-hydrogen) atoms. The van der Waals surface area contributed by atoms with Gasteiger partial charge < -0.3 is 14.4 Å². The van der Waals surface area contributed by atoms with Crippen LogP contribution in [0.15, 0.2) is 35.0 Å². The molecule has 1 amide bonds. The number of carboxylic acid groups (broad SMARTS) is 1. The summed E-state index contributed by atoms with van der Waals surface area (Å²) in [4.78, 5) is 26.0. The van der Waals surface area contributed by atoms with E-state index < -0.39 is 17.8 Å². The molecule has 1 aromatic rings. The smallest absolute Gasteiger partial charge is 0.307 e. The lowest BCUT2D eigenvalue weighted by molar-refractivity contribution is -0.151. The van der Waals surface area contributed by atoms with Crippen molar-refractivity contribution in [3.63, 3.8) is 0 Å². The third-order valence-electron chi connectivity index (χ3n) is 4.24. The zero-order chi connectivity index (χ0) is 14.8. The third kappa shape index (κ3) is 3.01. The molecule has 2 aliphatic rings. The highest BCUT2D eigenvalue weighted by Gasteiger charge is 2.41. The first-order valence-electron chi connectivity index (χ1n) is 7.37. The number of carboxylic acids is 1. The molecular weight excluding hydrogens is 270 g/mol. The monoisotopic (exact) mass is 289 g/mol. The minimum absolute atomic E-state index is 0.0503. The number of aliphatic carboxylic acids is 1. The van der Waals surface area contributed by atoms with Gasteiger partial charge in [0.15, 0.2) is 0 Å². The predicted octanol–water partition coefficient (Wildman–Crippen LogP) is 2.44. The van der Waals surface area contributed by atoms with Crippen molar-refractivity contribution in [3.8, 4) is 0 Å². The standard InChI is InChI=1S/C16H19NO4/c18-15(13-5-1-2-6-14(13)16(19)20)17(11-7-8-11)10-12-4-3-9-21-12/h1-4,9,11,13-14H,5-8,10H2,(H,19,20)/t13-,14+/m1/s1. The SMILES string of the molecule is O=C(O)[C@H]1CC=CC[C@H]1C(=O)N(Cc1ccco1)C1CC1. The molecule has 5 heteroatoms. The Hall–Kier alpha value is -2.04. The topological polar surface area (TPSA) is 70.8 Å². The van der Waals surface area contributed by atoms with E-state index in [4.69, 9.17) is 4.42 Å². The fourth-order valence-corrected chi connectivity index (χ4v) is 2.92. The van der Waals surface area contributed by atoms with Crippen LogP contribution in [0.2, 0.25) is 0 Å². The van der Waals surface area contributed by atoms with E-state index in [1.54, 1.807) is 17.2 Å². The number of nitrogens with zero attached hydrogens (tertiary/aromatic N) is 1. The lowest BCUT2D eigenvalue weighted by Crippen LogP contribution is -2.42. The maximum atomic E-state index is 12.8. The molecule has 0 bridgehead atoms. The Bertz CT molecular complexity index is 545. The first-order valence-corrected chi connectivity index (χ1v) is 7.37. The van der Waals surface area contributed by atoms with Gasteiger partial charge in [0, 0.05) is 6.04 Å². The summed E-state index contributed by atoms with van der Waals surface area (Å²) in [7, 11) is 0. The minimum atomic E-state index is -0.883. The van der Waals surface area contributed by atoms with Crippen molar-refractivity contribution < 1.29 is 19.1 Å². The van der Waals surface area contributed by atoms with Crippen molar-refractivity contribution >= 4 is 11.9 Å². The molecule has 2 aliphatic carbocycles. The van der Waals surface area contributed by atoms with Crippen LogP contribution in [0.4, 0.5) is 0 Å². The molecule has 0 radical (unpaired) electrons. The zero-order valence-electron chi connectivity index (χ0n) is 11.8. The third-order valence-corrected chi connectivity index (χ3v) is 4.24. The van der Waals surface area contributed by atoms with Crippen LogP contribution >= 0.6 is 0 Å². The molecule has 0 aromatic carbocycles. The molecular formula is C16H19NO4. The van der Waals surface area contributed by atoms with Crippen molar-refractivity contribution in [2.45, 2.75) is 38.3 Å². The summed E-state index contributed by atoms with van der Waals surface area (Å²) < 4.78 is 5.33. The summed E-state index contributed by atoms with van der Waals surface area (Å²) in [6, 6.07) is 3.88. The molecule has 5 nitrogen and oxygen atoms in total. The van der Waals surface area contributed by atoms with E-state index >= 15 is 0 Å². The summed E-state index contributed by atoms with van der Waals surface area (Å²) >= 11 is 0. The van der Waals surface area contributed by atoms with Crippen LogP contribution in [0, 0.1) is 11.8 Å². The van der Waals surface area contributed by atoms with Crippen molar-refractivity contribution in [1.82, 2.24) is 4.90 Å². The largest absolute Gasteiger partial charge is 0.481 e. The summed E-state index contributed by atoms with van der Waals surface area (Å²) in [6.45, 7) is 0.434. The molecule has 0 unspecified atom stereocenters. The van der Waals surface area contributed by atoms with Crippen molar-refractivity contribution in [2.75, 3.05) is 0 Å². The Morgan fingerprint density at radius 2 is 1.95 bits per heavy atom. The van der Waals surface area contributed by atoms with E-state index in [1.807, 2.05) is 18.2 Å². The number of carbonyl (C=O) groups excluding carboxylic acids is 1. The fourth-order valence-electron chi connectivity index (χ4n) is 2.92. The Kier molecular flexibility index (Phi) is 3.82. The molecule has 1 N–H and O–H groups in total. The number of hydrogen-bond donors (Lipinski definition) is 1. The van der Waals surface area contributed by atoms with Crippen LogP contribution in [-0.2, 0) is 16.1 Å². The van der Waals surface area contributed by atoms with Crippen LogP contribution < -0.4 is 0 Å². The predicted molar refractivity (Wildman–Crippen MR) is 75.3 cm³/mol. The van der Waals surface area contributed by atoms with Gasteiger partial charge in [-0.05, 0) is 37.8 Å². The summed E-state index contributed by atoms with van der Waals surface area (Å²) in [5.41, 5.74) is 0. The number of amides is 1. The van der Waals surface area contributed by atoms with E-state index in [2.05, 4.69) is 0 Å². The van der Waals surface area contributed by atoms with Gasteiger partial charge in [0.1, 0.15) is 5.76 Å². The van der Waals surface area contributed by atoms with Crippen LogP contribution in [0.5, 0.6) is 0 Å². The number of hydrogen-bond acceptors (Lipinski definition) is 3. The Labute approximate surface area is 123 Å². The van der Waals surface area contributed by atoms with Crippen molar-refractivity contribution in [2.24, 2.45) is 11.8 Å². The van der Waals surface area contributed by atoms with Crippen molar-refractivity contribution in [3.05, 3.63) is 36.3 Å². The van der Waals surface area contributed by atoms with Crippen molar-refractivity contribution in [1.29, 1.82) is 0 Å². The average molecular weight is 289 g/mol. The Morgan fingerprint density at radius 3 is 2.52 bits per heavy atom. The summed E-state index contributed by atoms with van der Waals surface area (Å²) in [5.74, 6) is -1.26. The highest BCUT2D eigenvalue weighted by Crippen LogP contribution is 2.34. The van der Waals surface area contributed by atoms with Crippen LogP contribution in [0.1, 0.15) is 31.4 Å². The number of carbonyl (C=O) groups is 2. The first kappa shape index (κ1) is 13.9. The Morgan fingerprint density at radius 1 is 1.24 bits per heavy atom. The van der Waals surface area contributed by atoms with Gasteiger partial charge >= 0.3 is 5.97 Å². The normalized spacial score (nSPS) is 24.8. The number of furan rings is 1. The molecule has 3 rings (SSSR count). The summed E-state index contributed by atoms with van der Waals surface area (Å²) in [5, 5.41) is 9.33. The van der Waals surface area contributed by atoms with E-state index in [-0.39, 0.29) is 11.9 Å². The molecule has 1 aromatic heterocycles. The molecule has 0 aliphatic heterocycles. The second kappa shape index (κ2) is 5.76. The molecule has 1 heterocycles. The van der Waals surface area contributed by atoms with E-state index in [1.165, 1.54) is 0 Å². The lowest BCUT2D eigenvalue weighted by atomic mass is 9.82. The molecule has 0 spiro atoms. The lowest BCUT2D eigenvalue weighted by Gasteiger charge is -2.30. The number of allylic oxidation sites excluding steroid dienone is 2. The Balaban J connectivity index is 1.76. The molecule has 112 valence electrons. The van der Waals surface area contributed by atoms with Gasteiger partial charge in [0.05, 0.1) is 24.6 Å². The van der Waals surface area contributed by atoms with Gasteiger partial charge in [-0.3, -0.25) is 9.59 Å². The fraction of sp³-hybridized carbons (Fsp3) is 0.500. The average Bonchev–Trinajstić information content (AvgIpc) is 3.20. The maximum Gasteiger partial charge on any atom is 0.307 e. The first-order chi connectivity index (χ1) is 10.2. The van der Waals surface area contributed by atoms with E-state index in [0.29, 0.717) is 19.4 Å². The van der Waals surface area contributed by atoms with E-state index in [0.717, 1.165) is 18.6 Å². The second-order valence-electron chi connectivity index (χ2n) is 5.77. The van der Waals surface area contributed by atoms with Gasteiger partial charge in [-0.25, -0.2) is 0 Å². The highest BCUT2D eigenvalue weighted by molar-refractivity contribution is 5.85.